The summed E-state index contributed by atoms with van der Waals surface area (Å²) in [5.41, 5.74) is -0.178. The van der Waals surface area contributed by atoms with Crippen LogP contribution in [-0.4, -0.2) is 17.5 Å². The molecule has 1 rings (SSSR count). The quantitative estimate of drug-likeness (QED) is 0.703. The summed E-state index contributed by atoms with van der Waals surface area (Å²) >= 11 is 0. The minimum atomic E-state index is -4.06. The molecule has 0 amide bonds. The predicted molar refractivity (Wildman–Crippen MR) is 49.2 cm³/mol. The van der Waals surface area contributed by atoms with E-state index in [-0.39, 0.29) is 10.4 Å². The molecular weight excluding hydrogens is 190 g/mol. The first kappa shape index (κ1) is 10.3. The van der Waals surface area contributed by atoms with E-state index in [2.05, 4.69) is 0 Å². The van der Waals surface area contributed by atoms with Crippen molar-refractivity contribution in [1.29, 1.82) is 0 Å². The molecule has 13 heavy (non-hydrogen) atoms. The summed E-state index contributed by atoms with van der Waals surface area (Å²) in [6.45, 7) is 5.84. The van der Waals surface area contributed by atoms with Crippen LogP contribution in [0.1, 0.15) is 20.8 Å². The van der Waals surface area contributed by atoms with E-state index in [1.165, 1.54) is 12.3 Å². The van der Waals surface area contributed by atoms with Gasteiger partial charge in [0.2, 0.25) is 0 Å². The maximum atomic E-state index is 10.7. The van der Waals surface area contributed by atoms with E-state index >= 15 is 0 Å². The topological polar surface area (TPSA) is 59.3 Å². The zero-order chi connectivity index (χ0) is 10.3. The maximum absolute atomic E-state index is 10.7. The average Bonchev–Trinajstić information content (AvgIpc) is 2.28. The summed E-state index contributed by atoms with van der Waals surface area (Å²) in [6, 6.07) is 1.38. The van der Waals surface area contributed by atoms with Gasteiger partial charge in [-0.15, -0.1) is 0 Å². The molecule has 0 bridgehead atoms. The minimum Gasteiger partial charge on any atom is -0.348 e. The zero-order valence-corrected chi connectivity index (χ0v) is 8.67. The van der Waals surface area contributed by atoms with Crippen molar-refractivity contribution in [2.45, 2.75) is 31.2 Å². The summed E-state index contributed by atoms with van der Waals surface area (Å²) in [5.74, 6) is 0. The Balaban J connectivity index is 3.16. The van der Waals surface area contributed by atoms with Gasteiger partial charge in [-0.25, -0.2) is 0 Å². The molecule has 1 aromatic heterocycles. The highest BCUT2D eigenvalue weighted by Crippen LogP contribution is 2.17. The third kappa shape index (κ3) is 2.32. The molecule has 1 aromatic rings. The highest BCUT2D eigenvalue weighted by atomic mass is 32.2. The first-order chi connectivity index (χ1) is 5.71. The van der Waals surface area contributed by atoms with Crippen molar-refractivity contribution in [3.05, 3.63) is 18.5 Å². The van der Waals surface area contributed by atoms with Crippen LogP contribution in [0.25, 0.3) is 0 Å². The molecule has 0 fully saturated rings. The largest absolute Gasteiger partial charge is 0.348 e. The molecule has 74 valence electrons. The smallest absolute Gasteiger partial charge is 0.296 e. The Kier molecular flexibility index (Phi) is 2.25. The molecule has 1 N–H and O–H groups in total. The lowest BCUT2D eigenvalue weighted by Crippen LogP contribution is -2.19. The van der Waals surface area contributed by atoms with Crippen molar-refractivity contribution in [2.75, 3.05) is 0 Å². The Morgan fingerprint density at radius 3 is 2.15 bits per heavy atom. The van der Waals surface area contributed by atoms with Crippen LogP contribution in [0.2, 0.25) is 0 Å². The highest BCUT2D eigenvalue weighted by Gasteiger charge is 2.16. The van der Waals surface area contributed by atoms with Crippen LogP contribution in [0.3, 0.4) is 0 Å². The Bertz CT molecular complexity index is 397. The first-order valence-corrected chi connectivity index (χ1v) is 5.31. The van der Waals surface area contributed by atoms with Crippen molar-refractivity contribution in [1.82, 2.24) is 4.57 Å². The molecular formula is C8H13NO3S. The Hall–Kier alpha value is -0.810. The Morgan fingerprint density at radius 1 is 1.38 bits per heavy atom. The zero-order valence-electron chi connectivity index (χ0n) is 7.85. The Labute approximate surface area is 77.9 Å². The van der Waals surface area contributed by atoms with Crippen LogP contribution in [0.4, 0.5) is 0 Å². The molecule has 0 aliphatic heterocycles. The Morgan fingerprint density at radius 2 is 1.92 bits per heavy atom. The van der Waals surface area contributed by atoms with Gasteiger partial charge in [-0.05, 0) is 26.8 Å². The molecule has 0 aromatic carbocycles. The monoisotopic (exact) mass is 203 g/mol. The first-order valence-electron chi connectivity index (χ1n) is 3.87. The van der Waals surface area contributed by atoms with Gasteiger partial charge in [-0.1, -0.05) is 0 Å². The second-order valence-corrected chi connectivity index (χ2v) is 5.32. The SMILES string of the molecule is CC(C)(C)n1ccc(S(=O)(=O)O)c1. The third-order valence-electron chi connectivity index (χ3n) is 1.74. The normalized spacial score (nSPS) is 13.2. The molecule has 0 unspecified atom stereocenters. The van der Waals surface area contributed by atoms with Crippen LogP contribution < -0.4 is 0 Å². The van der Waals surface area contributed by atoms with Crippen molar-refractivity contribution in [2.24, 2.45) is 0 Å². The maximum Gasteiger partial charge on any atom is 0.296 e. The summed E-state index contributed by atoms with van der Waals surface area (Å²) in [5, 5.41) is 0. The van der Waals surface area contributed by atoms with Gasteiger partial charge in [-0.3, -0.25) is 4.55 Å². The lowest BCUT2D eigenvalue weighted by molar-refractivity contribution is 0.396. The van der Waals surface area contributed by atoms with Crippen LogP contribution in [-0.2, 0) is 15.7 Å². The van der Waals surface area contributed by atoms with E-state index in [9.17, 15) is 8.42 Å². The van der Waals surface area contributed by atoms with Gasteiger partial charge in [0.25, 0.3) is 10.1 Å². The van der Waals surface area contributed by atoms with Gasteiger partial charge < -0.3 is 4.57 Å². The molecule has 0 saturated heterocycles. The van der Waals surface area contributed by atoms with Crippen molar-refractivity contribution in [3.63, 3.8) is 0 Å². The average molecular weight is 203 g/mol. The highest BCUT2D eigenvalue weighted by molar-refractivity contribution is 7.85. The van der Waals surface area contributed by atoms with Crippen LogP contribution in [0, 0.1) is 0 Å². The second kappa shape index (κ2) is 2.85. The van der Waals surface area contributed by atoms with E-state index in [1.54, 1.807) is 10.8 Å². The lowest BCUT2D eigenvalue weighted by Gasteiger charge is -2.20. The number of hydrogen-bond donors (Lipinski definition) is 1. The van der Waals surface area contributed by atoms with Gasteiger partial charge in [0.05, 0.1) is 0 Å². The molecule has 0 saturated carbocycles. The van der Waals surface area contributed by atoms with Crippen LogP contribution >= 0.6 is 0 Å². The predicted octanol–water partition coefficient (Wildman–Crippen LogP) is 1.49. The van der Waals surface area contributed by atoms with E-state index in [0.717, 1.165) is 0 Å². The van der Waals surface area contributed by atoms with Crippen molar-refractivity contribution < 1.29 is 13.0 Å². The van der Waals surface area contributed by atoms with E-state index in [1.807, 2.05) is 20.8 Å². The molecule has 0 aliphatic carbocycles. The fourth-order valence-electron chi connectivity index (χ4n) is 0.947. The van der Waals surface area contributed by atoms with Crippen LogP contribution in [0.15, 0.2) is 23.4 Å². The summed E-state index contributed by atoms with van der Waals surface area (Å²) < 4.78 is 31.9. The number of rotatable bonds is 1. The molecule has 0 aliphatic rings. The standard InChI is InChI=1S/C8H13NO3S/c1-8(2,3)9-5-4-7(6-9)13(10,11)12/h4-6H,1-3H3,(H,10,11,12). The van der Waals surface area contributed by atoms with Gasteiger partial charge in [0.1, 0.15) is 4.90 Å². The number of aromatic nitrogens is 1. The lowest BCUT2D eigenvalue weighted by atomic mass is 10.1. The molecule has 0 radical (unpaired) electrons. The molecule has 5 heteroatoms. The van der Waals surface area contributed by atoms with E-state index < -0.39 is 10.1 Å². The van der Waals surface area contributed by atoms with Gasteiger partial charge in [0, 0.05) is 17.9 Å². The second-order valence-electron chi connectivity index (χ2n) is 3.90. The summed E-state index contributed by atoms with van der Waals surface area (Å²) in [6.07, 6.45) is 3.04. The van der Waals surface area contributed by atoms with Crippen molar-refractivity contribution in [3.8, 4) is 0 Å². The number of nitrogens with zero attached hydrogens (tertiary/aromatic N) is 1. The van der Waals surface area contributed by atoms with Gasteiger partial charge in [0.15, 0.2) is 0 Å². The minimum absolute atomic E-state index is 0.0672. The summed E-state index contributed by atoms with van der Waals surface area (Å²) in [7, 11) is -4.06. The fourth-order valence-corrected chi connectivity index (χ4v) is 1.43. The van der Waals surface area contributed by atoms with Crippen LogP contribution in [0.5, 0.6) is 0 Å². The molecule has 0 atom stereocenters. The molecule has 4 nitrogen and oxygen atoms in total. The number of hydrogen-bond acceptors (Lipinski definition) is 2. The van der Waals surface area contributed by atoms with E-state index in [0.29, 0.717) is 0 Å². The van der Waals surface area contributed by atoms with E-state index in [4.69, 9.17) is 4.55 Å². The molecule has 1 heterocycles. The van der Waals surface area contributed by atoms with Gasteiger partial charge >= 0.3 is 0 Å². The fraction of sp³-hybridized carbons (Fsp3) is 0.500. The van der Waals surface area contributed by atoms with Gasteiger partial charge in [-0.2, -0.15) is 8.42 Å². The summed E-state index contributed by atoms with van der Waals surface area (Å²) in [4.78, 5) is -0.0672. The van der Waals surface area contributed by atoms with Crippen molar-refractivity contribution >= 4 is 10.1 Å². The molecule has 0 spiro atoms. The third-order valence-corrected chi connectivity index (χ3v) is 2.58.